The molecule has 6 heteroatoms. The molecule has 0 saturated heterocycles. The normalized spacial score (nSPS) is 12.7. The molecule has 118 valence electrons. The van der Waals surface area contributed by atoms with Crippen LogP contribution < -0.4 is 9.46 Å². The molecule has 0 aliphatic heterocycles. The third-order valence-electron chi connectivity index (χ3n) is 3.25. The van der Waals surface area contributed by atoms with Crippen LogP contribution >= 0.6 is 0 Å². The van der Waals surface area contributed by atoms with Gasteiger partial charge in [-0.3, -0.25) is 4.72 Å². The van der Waals surface area contributed by atoms with Crippen molar-refractivity contribution in [1.82, 2.24) is 0 Å². The zero-order valence-corrected chi connectivity index (χ0v) is 13.5. The van der Waals surface area contributed by atoms with E-state index in [1.54, 1.807) is 31.2 Å². The highest BCUT2D eigenvalue weighted by atomic mass is 32.2. The van der Waals surface area contributed by atoms with E-state index in [-0.39, 0.29) is 4.90 Å². The van der Waals surface area contributed by atoms with Crippen molar-refractivity contribution in [2.45, 2.75) is 24.8 Å². The Labute approximate surface area is 130 Å². The van der Waals surface area contributed by atoms with Crippen LogP contribution in [0.2, 0.25) is 0 Å². The summed E-state index contributed by atoms with van der Waals surface area (Å²) in [5, 5.41) is 9.59. The molecule has 1 unspecified atom stereocenters. The van der Waals surface area contributed by atoms with Gasteiger partial charge in [-0.25, -0.2) is 8.42 Å². The molecule has 0 spiro atoms. The zero-order valence-electron chi connectivity index (χ0n) is 12.7. The number of aliphatic hydroxyl groups is 1. The molecule has 0 saturated carbocycles. The van der Waals surface area contributed by atoms with Crippen molar-refractivity contribution in [2.75, 3.05) is 11.8 Å². The summed E-state index contributed by atoms with van der Waals surface area (Å²) in [6, 6.07) is 11.5. The lowest BCUT2D eigenvalue weighted by molar-refractivity contribution is 0.199. The third kappa shape index (κ3) is 3.58. The number of nitrogens with one attached hydrogen (secondary N) is 1. The number of benzene rings is 2. The lowest BCUT2D eigenvalue weighted by Crippen LogP contribution is -2.14. The Morgan fingerprint density at radius 2 is 1.91 bits per heavy atom. The molecule has 2 aromatic carbocycles. The maximum absolute atomic E-state index is 12.5. The van der Waals surface area contributed by atoms with Gasteiger partial charge in [0.15, 0.2) is 0 Å². The number of methoxy groups -OCH3 is 1. The van der Waals surface area contributed by atoms with E-state index in [1.165, 1.54) is 19.2 Å². The molecule has 2 rings (SSSR count). The molecule has 2 aromatic rings. The minimum atomic E-state index is -3.76. The van der Waals surface area contributed by atoms with E-state index in [0.29, 0.717) is 17.0 Å². The number of sulfonamides is 1. The van der Waals surface area contributed by atoms with Gasteiger partial charge in [-0.15, -0.1) is 0 Å². The van der Waals surface area contributed by atoms with Crippen LogP contribution in [0, 0.1) is 6.92 Å². The van der Waals surface area contributed by atoms with Crippen LogP contribution in [0.3, 0.4) is 0 Å². The minimum absolute atomic E-state index is 0.0921. The second-order valence-electron chi connectivity index (χ2n) is 5.06. The first-order chi connectivity index (χ1) is 10.3. The maximum atomic E-state index is 12.5. The van der Waals surface area contributed by atoms with Gasteiger partial charge < -0.3 is 9.84 Å². The van der Waals surface area contributed by atoms with Gasteiger partial charge in [0, 0.05) is 0 Å². The number of rotatable bonds is 5. The predicted octanol–water partition coefficient (Wildman–Crippen LogP) is 2.86. The molecule has 2 N–H and O–H groups in total. The van der Waals surface area contributed by atoms with Crippen molar-refractivity contribution >= 4 is 15.7 Å². The third-order valence-corrected chi connectivity index (χ3v) is 4.61. The van der Waals surface area contributed by atoms with Crippen molar-refractivity contribution in [2.24, 2.45) is 0 Å². The predicted molar refractivity (Wildman–Crippen MR) is 85.6 cm³/mol. The Hall–Kier alpha value is -2.05. The van der Waals surface area contributed by atoms with E-state index in [4.69, 9.17) is 4.74 Å². The Balaban J connectivity index is 2.40. The largest absolute Gasteiger partial charge is 0.495 e. The molecule has 0 aliphatic carbocycles. The summed E-state index contributed by atoms with van der Waals surface area (Å²) in [7, 11) is -2.28. The fourth-order valence-electron chi connectivity index (χ4n) is 2.05. The standard InChI is InChI=1S/C16H19NO4S/c1-11-7-8-16(21-3)15(9-11)17-22(19,20)14-6-4-5-13(10-14)12(2)18/h4-10,12,17-18H,1-3H3. The summed E-state index contributed by atoms with van der Waals surface area (Å²) in [6.45, 7) is 3.45. The van der Waals surface area contributed by atoms with E-state index in [9.17, 15) is 13.5 Å². The number of hydrogen-bond donors (Lipinski definition) is 2. The van der Waals surface area contributed by atoms with Crippen molar-refractivity contribution in [3.05, 3.63) is 53.6 Å². The van der Waals surface area contributed by atoms with Crippen LogP contribution in [0.5, 0.6) is 5.75 Å². The maximum Gasteiger partial charge on any atom is 0.262 e. The van der Waals surface area contributed by atoms with Gasteiger partial charge in [0.2, 0.25) is 0 Å². The van der Waals surface area contributed by atoms with Gasteiger partial charge in [-0.1, -0.05) is 18.2 Å². The molecule has 5 nitrogen and oxygen atoms in total. The lowest BCUT2D eigenvalue weighted by atomic mass is 10.1. The fourth-order valence-corrected chi connectivity index (χ4v) is 3.16. The van der Waals surface area contributed by atoms with Crippen LogP contribution in [-0.4, -0.2) is 20.6 Å². The second kappa shape index (κ2) is 6.37. The lowest BCUT2D eigenvalue weighted by Gasteiger charge is -2.13. The van der Waals surface area contributed by atoms with Crippen LogP contribution in [0.4, 0.5) is 5.69 Å². The second-order valence-corrected chi connectivity index (χ2v) is 6.74. The molecule has 0 aromatic heterocycles. The fraction of sp³-hybridized carbons (Fsp3) is 0.250. The number of anilines is 1. The summed E-state index contributed by atoms with van der Waals surface area (Å²) in [5.74, 6) is 0.445. The summed E-state index contributed by atoms with van der Waals surface area (Å²) in [4.78, 5) is 0.0921. The molecule has 0 radical (unpaired) electrons. The Morgan fingerprint density at radius 1 is 1.18 bits per heavy atom. The Kier molecular flexibility index (Phi) is 4.73. The minimum Gasteiger partial charge on any atom is -0.495 e. The number of aliphatic hydroxyl groups excluding tert-OH is 1. The molecular weight excluding hydrogens is 302 g/mol. The van der Waals surface area contributed by atoms with Crippen LogP contribution in [-0.2, 0) is 10.0 Å². The SMILES string of the molecule is COc1ccc(C)cc1NS(=O)(=O)c1cccc(C(C)O)c1. The summed E-state index contributed by atoms with van der Waals surface area (Å²) in [5.41, 5.74) is 1.83. The molecular formula is C16H19NO4S. The van der Waals surface area contributed by atoms with Crippen molar-refractivity contribution in [1.29, 1.82) is 0 Å². The average molecular weight is 321 g/mol. The monoisotopic (exact) mass is 321 g/mol. The smallest absolute Gasteiger partial charge is 0.262 e. The molecule has 1 atom stereocenters. The molecule has 0 fully saturated rings. The van der Waals surface area contributed by atoms with Gasteiger partial charge in [-0.05, 0) is 49.2 Å². The van der Waals surface area contributed by atoms with Gasteiger partial charge in [0.1, 0.15) is 5.75 Å². The Morgan fingerprint density at radius 3 is 2.55 bits per heavy atom. The van der Waals surface area contributed by atoms with E-state index in [2.05, 4.69) is 4.72 Å². The van der Waals surface area contributed by atoms with E-state index in [0.717, 1.165) is 5.56 Å². The van der Waals surface area contributed by atoms with Crippen molar-refractivity contribution in [3.8, 4) is 5.75 Å². The molecule has 0 amide bonds. The first-order valence-corrected chi connectivity index (χ1v) is 8.27. The van der Waals surface area contributed by atoms with Gasteiger partial charge in [0.25, 0.3) is 10.0 Å². The average Bonchev–Trinajstić information content (AvgIpc) is 2.47. The van der Waals surface area contributed by atoms with E-state index >= 15 is 0 Å². The topological polar surface area (TPSA) is 75.6 Å². The first kappa shape index (κ1) is 16.3. The summed E-state index contributed by atoms with van der Waals surface area (Å²) in [6.07, 6.45) is -0.733. The van der Waals surface area contributed by atoms with Crippen LogP contribution in [0.15, 0.2) is 47.4 Å². The highest BCUT2D eigenvalue weighted by Gasteiger charge is 2.17. The van der Waals surface area contributed by atoms with Crippen molar-refractivity contribution in [3.63, 3.8) is 0 Å². The zero-order chi connectivity index (χ0) is 16.3. The highest BCUT2D eigenvalue weighted by molar-refractivity contribution is 7.92. The number of aryl methyl sites for hydroxylation is 1. The van der Waals surface area contributed by atoms with Crippen LogP contribution in [0.25, 0.3) is 0 Å². The Bertz CT molecular complexity index is 769. The molecule has 0 heterocycles. The van der Waals surface area contributed by atoms with Gasteiger partial charge >= 0.3 is 0 Å². The van der Waals surface area contributed by atoms with E-state index < -0.39 is 16.1 Å². The van der Waals surface area contributed by atoms with E-state index in [1.807, 2.05) is 13.0 Å². The van der Waals surface area contributed by atoms with Crippen LogP contribution in [0.1, 0.15) is 24.2 Å². The molecule has 22 heavy (non-hydrogen) atoms. The molecule has 0 aliphatic rings. The summed E-state index contributed by atoms with van der Waals surface area (Å²) < 4.78 is 32.7. The quantitative estimate of drug-likeness (QED) is 0.888. The molecule has 0 bridgehead atoms. The number of hydrogen-bond acceptors (Lipinski definition) is 4. The van der Waals surface area contributed by atoms with Gasteiger partial charge in [0.05, 0.1) is 23.8 Å². The number of ether oxygens (including phenoxy) is 1. The van der Waals surface area contributed by atoms with Gasteiger partial charge in [-0.2, -0.15) is 0 Å². The summed E-state index contributed by atoms with van der Waals surface area (Å²) >= 11 is 0. The highest BCUT2D eigenvalue weighted by Crippen LogP contribution is 2.28. The first-order valence-electron chi connectivity index (χ1n) is 6.79. The van der Waals surface area contributed by atoms with Crippen molar-refractivity contribution < 1.29 is 18.3 Å².